The van der Waals surface area contributed by atoms with Crippen LogP contribution in [0.5, 0.6) is 5.75 Å². The molecule has 1 aromatic carbocycles. The third-order valence-electron chi connectivity index (χ3n) is 2.01. The van der Waals surface area contributed by atoms with E-state index in [1.165, 1.54) is 26.0 Å². The molecule has 0 atom stereocenters. The Kier molecular flexibility index (Phi) is 3.17. The number of aliphatic carboxylic acids is 1. The van der Waals surface area contributed by atoms with E-state index in [4.69, 9.17) is 15.6 Å². The van der Waals surface area contributed by atoms with Crippen LogP contribution < -0.4 is 10.5 Å². The number of benzene rings is 1. The van der Waals surface area contributed by atoms with Gasteiger partial charge in [0.2, 0.25) is 5.91 Å². The molecule has 0 bridgehead atoms. The van der Waals surface area contributed by atoms with Crippen molar-refractivity contribution in [2.75, 3.05) is 0 Å². The number of primary amides is 1. The van der Waals surface area contributed by atoms with Gasteiger partial charge in [-0.1, -0.05) is 6.07 Å². The van der Waals surface area contributed by atoms with Crippen LogP contribution in [0.25, 0.3) is 0 Å². The van der Waals surface area contributed by atoms with Gasteiger partial charge in [0.1, 0.15) is 5.75 Å². The average molecular weight is 223 g/mol. The molecule has 1 rings (SSSR count). The second-order valence-corrected chi connectivity index (χ2v) is 3.81. The molecule has 0 aliphatic rings. The molecule has 0 saturated carbocycles. The van der Waals surface area contributed by atoms with Crippen molar-refractivity contribution in [3.8, 4) is 5.75 Å². The lowest BCUT2D eigenvalue weighted by Gasteiger charge is -2.21. The average Bonchev–Trinajstić information content (AvgIpc) is 2.17. The molecule has 0 unspecified atom stereocenters. The molecular weight excluding hydrogens is 210 g/mol. The highest BCUT2D eigenvalue weighted by molar-refractivity contribution is 5.93. The highest BCUT2D eigenvalue weighted by Gasteiger charge is 2.29. The van der Waals surface area contributed by atoms with E-state index in [9.17, 15) is 9.59 Å². The van der Waals surface area contributed by atoms with Crippen molar-refractivity contribution in [1.82, 2.24) is 0 Å². The van der Waals surface area contributed by atoms with E-state index in [-0.39, 0.29) is 5.56 Å². The second-order valence-electron chi connectivity index (χ2n) is 3.81. The van der Waals surface area contributed by atoms with Gasteiger partial charge in [0.25, 0.3) is 0 Å². The number of carboxylic acid groups (broad SMARTS) is 1. The summed E-state index contributed by atoms with van der Waals surface area (Å²) in [7, 11) is 0. The first-order valence-corrected chi connectivity index (χ1v) is 4.65. The maximum absolute atomic E-state index is 10.9. The molecule has 0 fully saturated rings. The number of ether oxygens (including phenoxy) is 1. The number of carboxylic acids is 1. The van der Waals surface area contributed by atoms with E-state index in [2.05, 4.69) is 0 Å². The van der Waals surface area contributed by atoms with E-state index < -0.39 is 17.5 Å². The minimum absolute atomic E-state index is 0.277. The summed E-state index contributed by atoms with van der Waals surface area (Å²) in [5.41, 5.74) is 4.02. The molecule has 16 heavy (non-hydrogen) atoms. The summed E-state index contributed by atoms with van der Waals surface area (Å²) >= 11 is 0. The van der Waals surface area contributed by atoms with Gasteiger partial charge in [0.05, 0.1) is 0 Å². The van der Waals surface area contributed by atoms with Gasteiger partial charge in [-0.15, -0.1) is 0 Å². The molecule has 1 amide bonds. The lowest BCUT2D eigenvalue weighted by atomic mass is 10.1. The summed E-state index contributed by atoms with van der Waals surface area (Å²) in [4.78, 5) is 21.7. The van der Waals surface area contributed by atoms with Gasteiger partial charge in [-0.3, -0.25) is 4.79 Å². The SMILES string of the molecule is CC(C)(Oc1cccc(C(N)=O)c1)C(=O)O. The van der Waals surface area contributed by atoms with E-state index in [1.54, 1.807) is 12.1 Å². The summed E-state index contributed by atoms with van der Waals surface area (Å²) in [5.74, 6) is -1.38. The van der Waals surface area contributed by atoms with E-state index >= 15 is 0 Å². The van der Waals surface area contributed by atoms with Crippen LogP contribution in [0.1, 0.15) is 24.2 Å². The van der Waals surface area contributed by atoms with E-state index in [1.807, 2.05) is 0 Å². The lowest BCUT2D eigenvalue weighted by Crippen LogP contribution is -2.37. The fraction of sp³-hybridized carbons (Fsp3) is 0.273. The molecule has 0 saturated heterocycles. The fourth-order valence-corrected chi connectivity index (χ4v) is 1.05. The molecule has 0 radical (unpaired) electrons. The number of nitrogens with two attached hydrogens (primary N) is 1. The Morgan fingerprint density at radius 3 is 2.50 bits per heavy atom. The Labute approximate surface area is 92.8 Å². The molecule has 3 N–H and O–H groups in total. The highest BCUT2D eigenvalue weighted by Crippen LogP contribution is 2.19. The van der Waals surface area contributed by atoms with Crippen molar-refractivity contribution < 1.29 is 19.4 Å². The minimum Gasteiger partial charge on any atom is -0.478 e. The molecule has 5 heteroatoms. The zero-order valence-electron chi connectivity index (χ0n) is 9.06. The third-order valence-corrected chi connectivity index (χ3v) is 2.01. The molecule has 5 nitrogen and oxygen atoms in total. The largest absolute Gasteiger partial charge is 0.478 e. The van der Waals surface area contributed by atoms with Crippen molar-refractivity contribution in [2.24, 2.45) is 5.73 Å². The van der Waals surface area contributed by atoms with Crippen LogP contribution in [-0.2, 0) is 4.79 Å². The maximum atomic E-state index is 10.9. The van der Waals surface area contributed by atoms with Crippen LogP contribution in [0.2, 0.25) is 0 Å². The Morgan fingerprint density at radius 1 is 1.38 bits per heavy atom. The summed E-state index contributed by atoms with van der Waals surface area (Å²) in [6, 6.07) is 6.08. The fourth-order valence-electron chi connectivity index (χ4n) is 1.05. The molecule has 1 aromatic rings. The normalized spacial score (nSPS) is 10.9. The third kappa shape index (κ3) is 2.73. The maximum Gasteiger partial charge on any atom is 0.347 e. The zero-order chi connectivity index (χ0) is 12.3. The molecule has 0 spiro atoms. The molecule has 0 aromatic heterocycles. The van der Waals surface area contributed by atoms with E-state index in [0.717, 1.165) is 0 Å². The standard InChI is InChI=1S/C11H13NO4/c1-11(2,10(14)15)16-8-5-3-4-7(6-8)9(12)13/h3-6H,1-2H3,(H2,12,13)(H,14,15). The molecule has 0 aliphatic heterocycles. The number of hydrogen-bond acceptors (Lipinski definition) is 3. The number of rotatable bonds is 4. The number of amides is 1. The predicted octanol–water partition coefficient (Wildman–Crippen LogP) is 1.03. The first kappa shape index (κ1) is 12.0. The smallest absolute Gasteiger partial charge is 0.347 e. The van der Waals surface area contributed by atoms with Gasteiger partial charge in [-0.2, -0.15) is 0 Å². The molecular formula is C11H13NO4. The highest BCUT2D eigenvalue weighted by atomic mass is 16.5. The monoisotopic (exact) mass is 223 g/mol. The van der Waals surface area contributed by atoms with Gasteiger partial charge in [0.15, 0.2) is 5.60 Å². The van der Waals surface area contributed by atoms with Crippen molar-refractivity contribution in [1.29, 1.82) is 0 Å². The number of hydrogen-bond donors (Lipinski definition) is 2. The van der Waals surface area contributed by atoms with Crippen molar-refractivity contribution >= 4 is 11.9 Å². The predicted molar refractivity (Wildman–Crippen MR) is 57.3 cm³/mol. The molecule has 0 aliphatic carbocycles. The first-order valence-electron chi connectivity index (χ1n) is 4.65. The first-order chi connectivity index (χ1) is 7.33. The summed E-state index contributed by atoms with van der Waals surface area (Å²) in [6.07, 6.45) is 0. The quantitative estimate of drug-likeness (QED) is 0.797. The van der Waals surface area contributed by atoms with Crippen molar-refractivity contribution in [2.45, 2.75) is 19.4 Å². The lowest BCUT2D eigenvalue weighted by molar-refractivity contribution is -0.152. The van der Waals surface area contributed by atoms with Crippen LogP contribution in [0.3, 0.4) is 0 Å². The number of carbonyl (C=O) groups is 2. The zero-order valence-corrected chi connectivity index (χ0v) is 9.06. The number of carbonyl (C=O) groups excluding carboxylic acids is 1. The van der Waals surface area contributed by atoms with Gasteiger partial charge < -0.3 is 15.6 Å². The topological polar surface area (TPSA) is 89.6 Å². The van der Waals surface area contributed by atoms with Crippen molar-refractivity contribution in [3.05, 3.63) is 29.8 Å². The van der Waals surface area contributed by atoms with E-state index in [0.29, 0.717) is 5.75 Å². The van der Waals surface area contributed by atoms with Gasteiger partial charge in [-0.25, -0.2) is 4.79 Å². The van der Waals surface area contributed by atoms with Gasteiger partial charge >= 0.3 is 5.97 Å². The second kappa shape index (κ2) is 4.22. The van der Waals surface area contributed by atoms with Crippen LogP contribution in [0.15, 0.2) is 24.3 Å². The Hall–Kier alpha value is -2.04. The molecule has 0 heterocycles. The van der Waals surface area contributed by atoms with Gasteiger partial charge in [0, 0.05) is 5.56 Å². The van der Waals surface area contributed by atoms with Gasteiger partial charge in [-0.05, 0) is 32.0 Å². The van der Waals surface area contributed by atoms with Crippen LogP contribution in [0, 0.1) is 0 Å². The molecule has 86 valence electrons. The van der Waals surface area contributed by atoms with Crippen LogP contribution in [-0.4, -0.2) is 22.6 Å². The van der Waals surface area contributed by atoms with Crippen LogP contribution in [0.4, 0.5) is 0 Å². The van der Waals surface area contributed by atoms with Crippen molar-refractivity contribution in [3.63, 3.8) is 0 Å². The summed E-state index contributed by atoms with van der Waals surface area (Å²) in [5, 5.41) is 8.86. The summed E-state index contributed by atoms with van der Waals surface area (Å²) < 4.78 is 5.25. The van der Waals surface area contributed by atoms with Crippen LogP contribution >= 0.6 is 0 Å². The summed E-state index contributed by atoms with van der Waals surface area (Å²) in [6.45, 7) is 2.85. The minimum atomic E-state index is -1.35. The Balaban J connectivity index is 2.94. The Morgan fingerprint density at radius 2 is 2.00 bits per heavy atom. The Bertz CT molecular complexity index is 426.